The van der Waals surface area contributed by atoms with E-state index in [9.17, 15) is 14.0 Å². The Labute approximate surface area is 221 Å². The summed E-state index contributed by atoms with van der Waals surface area (Å²) >= 11 is 6.79. The minimum atomic E-state index is -0.779. The number of hydrogen-bond acceptors (Lipinski definition) is 4. The average Bonchev–Trinajstić information content (AvgIpc) is 3.79. The van der Waals surface area contributed by atoms with Gasteiger partial charge in [-0.05, 0) is 75.6 Å². The smallest absolute Gasteiger partial charge is 0.260 e. The van der Waals surface area contributed by atoms with Gasteiger partial charge in [-0.3, -0.25) is 9.59 Å². The van der Waals surface area contributed by atoms with Crippen LogP contribution in [0.4, 0.5) is 4.39 Å². The molecule has 37 heavy (non-hydrogen) atoms. The van der Waals surface area contributed by atoms with E-state index in [1.807, 2.05) is 19.9 Å². The van der Waals surface area contributed by atoms with Gasteiger partial charge < -0.3 is 9.80 Å². The maximum atomic E-state index is 14.9. The Kier molecular flexibility index (Phi) is 5.75. The molecular weight excluding hydrogens is 491 g/mol. The minimum Gasteiger partial charge on any atom is -0.349 e. The normalized spacial score (nSPS) is 25.0. The number of amides is 2. The molecule has 1 aromatic heterocycles. The lowest BCUT2D eigenvalue weighted by Gasteiger charge is -2.47. The summed E-state index contributed by atoms with van der Waals surface area (Å²) in [7, 11) is 0. The van der Waals surface area contributed by atoms with Gasteiger partial charge in [0.1, 0.15) is 11.7 Å². The summed E-state index contributed by atoms with van der Waals surface area (Å²) in [6, 6.07) is 8.11. The number of aliphatic imine (C=N–C) groups is 1. The van der Waals surface area contributed by atoms with Crippen LogP contribution in [0.15, 0.2) is 48.0 Å². The molecule has 0 N–H and O–H groups in total. The van der Waals surface area contributed by atoms with E-state index in [0.717, 1.165) is 31.2 Å². The zero-order valence-corrected chi connectivity index (χ0v) is 21.8. The standard InChI is InChI=1S/C29H30ClFN4O2/c1-4-24(36)34-14-17(3)35(15-16(34)2)27-21-13-22(30)25(20-7-5-6-8-23(20)31)32-26(21)29(18-9-10-18,19-11-12-19)28(37)33-27/h4-8,13,16-19H,1,9-12,14-15H2,2-3H3/t16-,17+/m1/s1. The van der Waals surface area contributed by atoms with Crippen LogP contribution in [0.5, 0.6) is 0 Å². The number of aromatic nitrogens is 1. The highest BCUT2D eigenvalue weighted by Gasteiger charge is 2.63. The molecule has 0 radical (unpaired) electrons. The summed E-state index contributed by atoms with van der Waals surface area (Å²) < 4.78 is 14.9. The molecule has 192 valence electrons. The molecule has 8 heteroatoms. The van der Waals surface area contributed by atoms with Gasteiger partial charge in [0.25, 0.3) is 5.91 Å². The molecule has 2 amide bonds. The van der Waals surface area contributed by atoms with Crippen molar-refractivity contribution in [3.8, 4) is 11.3 Å². The summed E-state index contributed by atoms with van der Waals surface area (Å²) in [6.45, 7) is 8.63. The first-order chi connectivity index (χ1) is 17.8. The van der Waals surface area contributed by atoms with Crippen molar-refractivity contribution in [2.75, 3.05) is 13.1 Å². The quantitative estimate of drug-likeness (QED) is 0.533. The molecule has 6 rings (SSSR count). The summed E-state index contributed by atoms with van der Waals surface area (Å²) in [5.41, 5.74) is 1.36. The SMILES string of the molecule is C=CC(=O)N1C[C@H](C)N(C2=NC(=O)C(C3CC3)(C3CC3)c3nc(-c4ccccc4F)c(Cl)cc32)C[C@H]1C. The number of piperazine rings is 1. The highest BCUT2D eigenvalue weighted by molar-refractivity contribution is 6.33. The van der Waals surface area contributed by atoms with E-state index in [0.29, 0.717) is 40.9 Å². The molecule has 2 atom stereocenters. The predicted molar refractivity (Wildman–Crippen MR) is 141 cm³/mol. The molecule has 2 saturated carbocycles. The minimum absolute atomic E-state index is 0.0844. The van der Waals surface area contributed by atoms with Crippen LogP contribution in [-0.2, 0) is 15.0 Å². The Hall–Kier alpha value is -3.06. The Morgan fingerprint density at radius 1 is 1.11 bits per heavy atom. The third kappa shape index (κ3) is 3.73. The zero-order chi connectivity index (χ0) is 26.1. The number of benzene rings is 1. The molecule has 4 aliphatic rings. The van der Waals surface area contributed by atoms with Gasteiger partial charge in [0, 0.05) is 36.3 Å². The van der Waals surface area contributed by atoms with E-state index in [4.69, 9.17) is 21.6 Å². The topological polar surface area (TPSA) is 65.9 Å². The Morgan fingerprint density at radius 2 is 1.78 bits per heavy atom. The van der Waals surface area contributed by atoms with Gasteiger partial charge in [0.2, 0.25) is 5.91 Å². The first kappa shape index (κ1) is 24.3. The second-order valence-electron chi connectivity index (χ2n) is 10.9. The summed E-state index contributed by atoms with van der Waals surface area (Å²) in [4.78, 5) is 40.2. The van der Waals surface area contributed by atoms with E-state index in [1.54, 1.807) is 23.1 Å². The molecule has 2 aliphatic carbocycles. The van der Waals surface area contributed by atoms with Gasteiger partial charge in [-0.15, -0.1) is 0 Å². The molecular formula is C29H30ClFN4O2. The predicted octanol–water partition coefficient (Wildman–Crippen LogP) is 4.99. The van der Waals surface area contributed by atoms with Gasteiger partial charge in [-0.2, -0.15) is 4.99 Å². The molecule has 6 nitrogen and oxygen atoms in total. The van der Waals surface area contributed by atoms with Gasteiger partial charge in [0.15, 0.2) is 0 Å². The van der Waals surface area contributed by atoms with Crippen molar-refractivity contribution in [1.29, 1.82) is 0 Å². The van der Waals surface area contributed by atoms with Crippen molar-refractivity contribution in [2.24, 2.45) is 16.8 Å². The first-order valence-electron chi connectivity index (χ1n) is 13.1. The fourth-order valence-electron chi connectivity index (χ4n) is 6.38. The van der Waals surface area contributed by atoms with Crippen molar-refractivity contribution >= 4 is 29.3 Å². The van der Waals surface area contributed by atoms with Crippen molar-refractivity contribution in [1.82, 2.24) is 14.8 Å². The molecule has 0 unspecified atom stereocenters. The van der Waals surface area contributed by atoms with Crippen molar-refractivity contribution in [3.63, 3.8) is 0 Å². The van der Waals surface area contributed by atoms with Crippen LogP contribution in [-0.4, -0.2) is 57.6 Å². The van der Waals surface area contributed by atoms with E-state index < -0.39 is 11.2 Å². The molecule has 0 spiro atoms. The van der Waals surface area contributed by atoms with Crippen molar-refractivity contribution in [3.05, 3.63) is 65.1 Å². The number of hydrogen-bond donors (Lipinski definition) is 0. The van der Waals surface area contributed by atoms with Crippen LogP contribution in [0.1, 0.15) is 50.8 Å². The third-order valence-electron chi connectivity index (χ3n) is 8.46. The van der Waals surface area contributed by atoms with Crippen LogP contribution in [0.3, 0.4) is 0 Å². The first-order valence-corrected chi connectivity index (χ1v) is 13.4. The van der Waals surface area contributed by atoms with E-state index in [1.165, 1.54) is 12.1 Å². The Bertz CT molecular complexity index is 1340. The largest absolute Gasteiger partial charge is 0.349 e. The number of fused-ring (bicyclic) bond motifs is 1. The number of halogens is 2. The van der Waals surface area contributed by atoms with Crippen LogP contribution >= 0.6 is 11.6 Å². The van der Waals surface area contributed by atoms with E-state index in [-0.39, 0.29) is 35.7 Å². The highest BCUT2D eigenvalue weighted by Crippen LogP contribution is 2.61. The van der Waals surface area contributed by atoms with Crippen molar-refractivity contribution < 1.29 is 14.0 Å². The monoisotopic (exact) mass is 520 g/mol. The number of nitrogens with zero attached hydrogens (tertiary/aromatic N) is 4. The molecule has 3 fully saturated rings. The van der Waals surface area contributed by atoms with Gasteiger partial charge in [-0.25, -0.2) is 9.37 Å². The summed E-state index contributed by atoms with van der Waals surface area (Å²) in [6.07, 6.45) is 5.18. The second-order valence-corrected chi connectivity index (χ2v) is 11.3. The Morgan fingerprint density at radius 3 is 2.41 bits per heavy atom. The van der Waals surface area contributed by atoms with E-state index >= 15 is 0 Å². The maximum Gasteiger partial charge on any atom is 0.260 e. The van der Waals surface area contributed by atoms with Crippen molar-refractivity contribution in [2.45, 2.75) is 57.0 Å². The summed E-state index contributed by atoms with van der Waals surface area (Å²) in [5, 5.41) is 0.326. The lowest BCUT2D eigenvalue weighted by atomic mass is 9.70. The number of rotatable bonds is 4. The molecule has 2 aliphatic heterocycles. The molecule has 3 heterocycles. The second kappa shape index (κ2) is 8.76. The zero-order valence-electron chi connectivity index (χ0n) is 21.1. The number of pyridine rings is 1. The third-order valence-corrected chi connectivity index (χ3v) is 8.75. The molecule has 0 bridgehead atoms. The van der Waals surface area contributed by atoms with Gasteiger partial charge in [-0.1, -0.05) is 30.3 Å². The molecule has 2 aromatic rings. The Balaban J connectivity index is 1.51. The van der Waals surface area contributed by atoms with Gasteiger partial charge in [0.05, 0.1) is 21.8 Å². The van der Waals surface area contributed by atoms with Crippen LogP contribution in [0.2, 0.25) is 5.02 Å². The van der Waals surface area contributed by atoms with E-state index in [2.05, 4.69) is 11.5 Å². The lowest BCUT2D eigenvalue weighted by molar-refractivity contribution is -0.131. The van der Waals surface area contributed by atoms with Gasteiger partial charge >= 0.3 is 0 Å². The van der Waals surface area contributed by atoms with Crippen LogP contribution in [0.25, 0.3) is 11.3 Å². The highest BCUT2D eigenvalue weighted by atomic mass is 35.5. The fraction of sp³-hybridized carbons (Fsp3) is 0.448. The maximum absolute atomic E-state index is 14.9. The summed E-state index contributed by atoms with van der Waals surface area (Å²) in [5.74, 6) is 0.285. The molecule has 1 saturated heterocycles. The van der Waals surface area contributed by atoms with Crippen LogP contribution < -0.4 is 0 Å². The molecule has 1 aromatic carbocycles. The number of carbonyl (C=O) groups excluding carboxylic acids is 2. The number of amidine groups is 1. The lowest BCUT2D eigenvalue weighted by Crippen LogP contribution is -2.60. The fourth-order valence-corrected chi connectivity index (χ4v) is 6.63. The number of carbonyl (C=O) groups is 2. The van der Waals surface area contributed by atoms with Crippen LogP contribution in [0, 0.1) is 17.7 Å². The average molecular weight is 521 g/mol.